The van der Waals surface area contributed by atoms with Gasteiger partial charge in [0.2, 0.25) is 0 Å². The van der Waals surface area contributed by atoms with Crippen molar-refractivity contribution in [3.05, 3.63) is 75.8 Å². The summed E-state index contributed by atoms with van der Waals surface area (Å²) in [4.78, 5) is 30.4. The van der Waals surface area contributed by atoms with Gasteiger partial charge in [0, 0.05) is 36.5 Å². The molecular weight excluding hydrogens is 442 g/mol. The third kappa shape index (κ3) is 4.08. The molecule has 0 spiro atoms. The fourth-order valence-corrected chi connectivity index (χ4v) is 4.50. The van der Waals surface area contributed by atoms with E-state index in [2.05, 4.69) is 14.5 Å². The summed E-state index contributed by atoms with van der Waals surface area (Å²) < 4.78 is 37.5. The summed E-state index contributed by atoms with van der Waals surface area (Å²) in [5, 5.41) is 0. The van der Waals surface area contributed by atoms with Crippen molar-refractivity contribution >= 4 is 5.78 Å². The number of halogens is 2. The summed E-state index contributed by atoms with van der Waals surface area (Å²) in [5.41, 5.74) is 2.70. The van der Waals surface area contributed by atoms with Gasteiger partial charge in [-0.2, -0.15) is 0 Å². The van der Waals surface area contributed by atoms with Gasteiger partial charge in [0.1, 0.15) is 5.78 Å². The zero-order valence-electron chi connectivity index (χ0n) is 18.9. The monoisotopic (exact) mass is 466 g/mol. The number of aryl methyl sites for hydroxylation is 2. The number of hydrogen-bond acceptors (Lipinski definition) is 5. The molecule has 176 valence electrons. The van der Waals surface area contributed by atoms with Gasteiger partial charge in [-0.1, -0.05) is 13.0 Å². The minimum atomic E-state index is -3.69. The van der Waals surface area contributed by atoms with E-state index in [1.54, 1.807) is 22.9 Å². The summed E-state index contributed by atoms with van der Waals surface area (Å²) >= 11 is 0. The van der Waals surface area contributed by atoms with Gasteiger partial charge in [-0.15, -0.1) is 8.78 Å². The lowest BCUT2D eigenvalue weighted by Gasteiger charge is -2.15. The van der Waals surface area contributed by atoms with Crippen molar-refractivity contribution in [3.63, 3.8) is 0 Å². The van der Waals surface area contributed by atoms with Gasteiger partial charge in [-0.25, -0.2) is 0 Å². The van der Waals surface area contributed by atoms with Crippen LogP contribution in [0.15, 0.2) is 53.5 Å². The van der Waals surface area contributed by atoms with Crippen molar-refractivity contribution in [2.75, 3.05) is 0 Å². The van der Waals surface area contributed by atoms with Crippen LogP contribution in [-0.4, -0.2) is 21.6 Å². The number of fused-ring (bicyclic) bond motifs is 1. The largest absolute Gasteiger partial charge is 0.586 e. The number of nitrogens with zero attached hydrogens (tertiary/aromatic N) is 2. The summed E-state index contributed by atoms with van der Waals surface area (Å²) in [5.74, 6) is -0.126. The first kappa shape index (κ1) is 22.3. The van der Waals surface area contributed by atoms with Gasteiger partial charge >= 0.3 is 6.29 Å². The number of ether oxygens (including phenoxy) is 2. The molecular formula is C26H24F2N2O4. The number of alkyl halides is 2. The van der Waals surface area contributed by atoms with Crippen LogP contribution in [0.5, 0.6) is 11.5 Å². The van der Waals surface area contributed by atoms with Crippen molar-refractivity contribution in [1.29, 1.82) is 0 Å². The fourth-order valence-electron chi connectivity index (χ4n) is 4.50. The van der Waals surface area contributed by atoms with Crippen molar-refractivity contribution in [3.8, 4) is 22.8 Å². The predicted octanol–water partition coefficient (Wildman–Crippen LogP) is 4.79. The van der Waals surface area contributed by atoms with Crippen molar-refractivity contribution in [1.82, 2.24) is 9.55 Å². The molecule has 3 aromatic rings. The molecule has 5 rings (SSSR count). The van der Waals surface area contributed by atoms with Crippen LogP contribution in [0.25, 0.3) is 11.3 Å². The summed E-state index contributed by atoms with van der Waals surface area (Å²) in [6.07, 6.45) is 0.305. The standard InChI is InChI=1S/C26H24F2N2O4/c1-3-9-30-10-6-17(13-24(30)32)20-12-16(2)11-19(29-20)15-23(31)25(7-8-25)18-4-5-21-22(14-18)34-26(27,28)33-21/h4-6,10-14H,3,7-9,15H2,1-2H3. The zero-order valence-corrected chi connectivity index (χ0v) is 18.9. The molecule has 0 N–H and O–H groups in total. The van der Waals surface area contributed by atoms with E-state index in [1.807, 2.05) is 32.0 Å². The van der Waals surface area contributed by atoms with Gasteiger partial charge in [-0.3, -0.25) is 14.6 Å². The van der Waals surface area contributed by atoms with E-state index in [1.165, 1.54) is 12.1 Å². The van der Waals surface area contributed by atoms with Crippen molar-refractivity contribution in [2.45, 2.75) is 57.8 Å². The molecule has 34 heavy (non-hydrogen) atoms. The van der Waals surface area contributed by atoms with E-state index in [9.17, 15) is 18.4 Å². The smallest absolute Gasteiger partial charge is 0.395 e. The number of ketones is 1. The van der Waals surface area contributed by atoms with E-state index in [-0.39, 0.29) is 29.3 Å². The van der Waals surface area contributed by atoms with E-state index < -0.39 is 11.7 Å². The maximum absolute atomic E-state index is 13.4. The van der Waals surface area contributed by atoms with Crippen LogP contribution in [0.1, 0.15) is 43.0 Å². The van der Waals surface area contributed by atoms with Crippen LogP contribution in [0.3, 0.4) is 0 Å². The number of benzene rings is 1. The van der Waals surface area contributed by atoms with Crippen molar-refractivity contribution < 1.29 is 23.0 Å². The van der Waals surface area contributed by atoms with Crippen molar-refractivity contribution in [2.24, 2.45) is 0 Å². The third-order valence-corrected chi connectivity index (χ3v) is 6.36. The Kier molecular flexibility index (Phi) is 5.26. The Labute approximate surface area is 195 Å². The molecule has 1 aliphatic carbocycles. The van der Waals surface area contributed by atoms with E-state index in [0.29, 0.717) is 41.9 Å². The Morgan fingerprint density at radius 3 is 2.56 bits per heavy atom. The average molecular weight is 466 g/mol. The first-order valence-electron chi connectivity index (χ1n) is 11.3. The number of aromatic nitrogens is 2. The van der Waals surface area contributed by atoms with Crippen LogP contribution in [0, 0.1) is 6.92 Å². The number of carbonyl (C=O) groups is 1. The Bertz CT molecular complexity index is 1340. The Morgan fingerprint density at radius 2 is 1.85 bits per heavy atom. The molecule has 6 nitrogen and oxygen atoms in total. The number of Topliss-reactive ketones (excluding diaryl/α,β-unsaturated/α-hetero) is 1. The Morgan fingerprint density at radius 1 is 1.09 bits per heavy atom. The van der Waals surface area contributed by atoms with Gasteiger partial charge in [-0.05, 0) is 67.6 Å². The lowest BCUT2D eigenvalue weighted by Crippen LogP contribution is -2.26. The van der Waals surface area contributed by atoms with Crippen LogP contribution < -0.4 is 15.0 Å². The SMILES string of the molecule is CCCn1ccc(-c2cc(C)cc(CC(=O)C3(c4ccc5c(c4)OC(F)(F)O5)CC3)n2)cc1=O. The normalized spacial score (nSPS) is 16.9. The number of hydrogen-bond donors (Lipinski definition) is 0. The van der Waals surface area contributed by atoms with Crippen LogP contribution in [-0.2, 0) is 23.2 Å². The van der Waals surface area contributed by atoms with Crippen LogP contribution in [0.4, 0.5) is 8.78 Å². The predicted molar refractivity (Wildman–Crippen MR) is 121 cm³/mol. The molecule has 0 amide bonds. The maximum atomic E-state index is 13.4. The lowest BCUT2D eigenvalue weighted by atomic mass is 9.88. The minimum absolute atomic E-state index is 0.0273. The van der Waals surface area contributed by atoms with E-state index in [0.717, 1.165) is 12.0 Å². The van der Waals surface area contributed by atoms with Gasteiger partial charge in [0.05, 0.1) is 11.1 Å². The molecule has 2 aromatic heterocycles. The molecule has 1 saturated carbocycles. The molecule has 1 aliphatic heterocycles. The molecule has 0 unspecified atom stereocenters. The molecule has 1 fully saturated rings. The second-order valence-corrected chi connectivity index (χ2v) is 8.98. The highest BCUT2D eigenvalue weighted by Crippen LogP contribution is 2.52. The van der Waals surface area contributed by atoms with Crippen LogP contribution >= 0.6 is 0 Å². The second kappa shape index (κ2) is 8.04. The third-order valence-electron chi connectivity index (χ3n) is 6.36. The van der Waals surface area contributed by atoms with Gasteiger partial charge in [0.25, 0.3) is 5.56 Å². The van der Waals surface area contributed by atoms with Gasteiger partial charge < -0.3 is 14.0 Å². The first-order chi connectivity index (χ1) is 16.2. The first-order valence-corrected chi connectivity index (χ1v) is 11.3. The number of rotatable bonds is 7. The summed E-state index contributed by atoms with van der Waals surface area (Å²) in [6.45, 7) is 4.58. The topological polar surface area (TPSA) is 70.4 Å². The fraction of sp³-hybridized carbons (Fsp3) is 0.346. The molecule has 0 saturated heterocycles. The zero-order chi connectivity index (χ0) is 24.1. The second-order valence-electron chi connectivity index (χ2n) is 8.98. The van der Waals surface area contributed by atoms with Crippen LogP contribution in [0.2, 0.25) is 0 Å². The highest BCUT2D eigenvalue weighted by atomic mass is 19.3. The summed E-state index contributed by atoms with van der Waals surface area (Å²) in [6, 6.07) is 11.7. The lowest BCUT2D eigenvalue weighted by molar-refractivity contribution is -0.286. The molecule has 0 bridgehead atoms. The van der Waals surface area contributed by atoms with E-state index >= 15 is 0 Å². The summed E-state index contributed by atoms with van der Waals surface area (Å²) in [7, 11) is 0. The molecule has 0 radical (unpaired) electrons. The van der Waals surface area contributed by atoms with E-state index in [4.69, 9.17) is 0 Å². The number of carbonyl (C=O) groups excluding carboxylic acids is 1. The van der Waals surface area contributed by atoms with Gasteiger partial charge in [0.15, 0.2) is 11.5 Å². The molecule has 1 aromatic carbocycles. The molecule has 2 aliphatic rings. The minimum Gasteiger partial charge on any atom is -0.395 e. The average Bonchev–Trinajstić information content (AvgIpc) is 3.52. The Balaban J connectivity index is 1.39. The number of pyridine rings is 2. The highest BCUT2D eigenvalue weighted by molar-refractivity contribution is 5.94. The molecule has 8 heteroatoms. The quantitative estimate of drug-likeness (QED) is 0.501. The Hall–Kier alpha value is -3.55. The highest BCUT2D eigenvalue weighted by Gasteiger charge is 2.52. The molecule has 3 heterocycles. The maximum Gasteiger partial charge on any atom is 0.586 e. The molecule has 0 atom stereocenters.